The highest BCUT2D eigenvalue weighted by molar-refractivity contribution is 5.32. The van der Waals surface area contributed by atoms with E-state index in [0.29, 0.717) is 0 Å². The van der Waals surface area contributed by atoms with Gasteiger partial charge in [-0.3, -0.25) is 0 Å². The molecule has 0 heterocycles. The third-order valence-corrected chi connectivity index (χ3v) is 3.22. The molecule has 2 rings (SSSR count). The lowest BCUT2D eigenvalue weighted by Gasteiger charge is -2.12. The Labute approximate surface area is 69.0 Å². The summed E-state index contributed by atoms with van der Waals surface area (Å²) in [5.74, 6) is 1.76. The molecular formula is C11H16. The number of fused-ring (bicyclic) bond motifs is 2. The van der Waals surface area contributed by atoms with Crippen molar-refractivity contribution < 1.29 is 0 Å². The summed E-state index contributed by atoms with van der Waals surface area (Å²) in [4.78, 5) is 0. The topological polar surface area (TPSA) is 0 Å². The van der Waals surface area contributed by atoms with Crippen LogP contribution < -0.4 is 0 Å². The standard InChI is InChI=1S/C11H16/c1-3-8-5-11-7-10(8)6-9(11)4-2/h3,6,10-11H,4-5,7H2,1-2H3. The molecule has 0 aliphatic heterocycles. The van der Waals surface area contributed by atoms with Crippen LogP contribution >= 0.6 is 0 Å². The van der Waals surface area contributed by atoms with Crippen LogP contribution in [0.15, 0.2) is 23.3 Å². The van der Waals surface area contributed by atoms with E-state index < -0.39 is 0 Å². The van der Waals surface area contributed by atoms with Crippen LogP contribution in [0, 0.1) is 11.8 Å². The van der Waals surface area contributed by atoms with Crippen molar-refractivity contribution in [3.8, 4) is 0 Å². The van der Waals surface area contributed by atoms with Gasteiger partial charge in [-0.15, -0.1) is 0 Å². The molecule has 0 N–H and O–H groups in total. The van der Waals surface area contributed by atoms with Crippen molar-refractivity contribution in [2.75, 3.05) is 0 Å². The first-order valence-electron chi connectivity index (χ1n) is 4.70. The van der Waals surface area contributed by atoms with Gasteiger partial charge in [-0.05, 0) is 38.0 Å². The summed E-state index contributed by atoms with van der Waals surface area (Å²) in [6.45, 7) is 4.46. The third-order valence-electron chi connectivity index (χ3n) is 3.22. The fourth-order valence-corrected chi connectivity index (χ4v) is 2.57. The van der Waals surface area contributed by atoms with Crippen LogP contribution in [0.2, 0.25) is 0 Å². The molecule has 1 fully saturated rings. The highest BCUT2D eigenvalue weighted by atomic mass is 14.4. The molecular weight excluding hydrogens is 132 g/mol. The van der Waals surface area contributed by atoms with E-state index in [4.69, 9.17) is 0 Å². The molecule has 2 aliphatic rings. The largest absolute Gasteiger partial charge is 0.0878 e. The molecule has 0 saturated heterocycles. The zero-order valence-electron chi connectivity index (χ0n) is 7.43. The second-order valence-corrected chi connectivity index (χ2v) is 3.70. The van der Waals surface area contributed by atoms with Gasteiger partial charge in [0.05, 0.1) is 0 Å². The number of hydrogen-bond donors (Lipinski definition) is 0. The lowest BCUT2D eigenvalue weighted by molar-refractivity contribution is 0.644. The summed E-state index contributed by atoms with van der Waals surface area (Å²) in [5, 5.41) is 0. The van der Waals surface area contributed by atoms with E-state index in [0.717, 1.165) is 11.8 Å². The van der Waals surface area contributed by atoms with Crippen molar-refractivity contribution in [1.82, 2.24) is 0 Å². The average Bonchev–Trinajstić information content (AvgIpc) is 2.60. The normalized spacial score (nSPS) is 38.4. The fourth-order valence-electron chi connectivity index (χ4n) is 2.57. The second-order valence-electron chi connectivity index (χ2n) is 3.70. The molecule has 0 heteroatoms. The Morgan fingerprint density at radius 1 is 1.64 bits per heavy atom. The molecule has 1 saturated carbocycles. The molecule has 2 aliphatic carbocycles. The highest BCUT2D eigenvalue weighted by Crippen LogP contribution is 2.47. The molecule has 0 radical (unpaired) electrons. The van der Waals surface area contributed by atoms with Crippen LogP contribution in [0.25, 0.3) is 0 Å². The Bertz CT molecular complexity index is 220. The molecule has 0 nitrogen and oxygen atoms in total. The lowest BCUT2D eigenvalue weighted by Crippen LogP contribution is -1.97. The minimum absolute atomic E-state index is 0.833. The van der Waals surface area contributed by atoms with Gasteiger partial charge in [-0.2, -0.15) is 0 Å². The third kappa shape index (κ3) is 0.962. The summed E-state index contributed by atoms with van der Waals surface area (Å²) in [5.41, 5.74) is 3.41. The van der Waals surface area contributed by atoms with E-state index in [-0.39, 0.29) is 0 Å². The van der Waals surface area contributed by atoms with E-state index in [9.17, 15) is 0 Å². The first-order valence-corrected chi connectivity index (χ1v) is 4.70. The molecule has 0 aromatic rings. The van der Waals surface area contributed by atoms with Crippen LogP contribution in [0.1, 0.15) is 33.1 Å². The second kappa shape index (κ2) is 2.51. The average molecular weight is 148 g/mol. The maximum absolute atomic E-state index is 2.50. The first kappa shape index (κ1) is 7.15. The Balaban J connectivity index is 2.22. The fraction of sp³-hybridized carbons (Fsp3) is 0.636. The van der Waals surface area contributed by atoms with Crippen molar-refractivity contribution in [3.05, 3.63) is 23.3 Å². The van der Waals surface area contributed by atoms with Crippen LogP contribution in [-0.2, 0) is 0 Å². The van der Waals surface area contributed by atoms with Gasteiger partial charge in [-0.1, -0.05) is 30.2 Å². The molecule has 0 amide bonds. The maximum atomic E-state index is 2.50. The molecule has 11 heavy (non-hydrogen) atoms. The van der Waals surface area contributed by atoms with Gasteiger partial charge in [0.25, 0.3) is 0 Å². The molecule has 2 atom stereocenters. The van der Waals surface area contributed by atoms with Gasteiger partial charge in [0, 0.05) is 0 Å². The molecule has 2 unspecified atom stereocenters. The minimum atomic E-state index is 0.833. The smallest absolute Gasteiger partial charge is 0.00146 e. The van der Waals surface area contributed by atoms with Gasteiger partial charge in [-0.25, -0.2) is 0 Å². The monoisotopic (exact) mass is 148 g/mol. The van der Waals surface area contributed by atoms with Gasteiger partial charge in [0.1, 0.15) is 0 Å². The Hall–Kier alpha value is -0.520. The van der Waals surface area contributed by atoms with E-state index in [2.05, 4.69) is 26.0 Å². The van der Waals surface area contributed by atoms with Crippen molar-refractivity contribution in [2.45, 2.75) is 33.1 Å². The summed E-state index contributed by atoms with van der Waals surface area (Å²) < 4.78 is 0. The van der Waals surface area contributed by atoms with Gasteiger partial charge in [0.2, 0.25) is 0 Å². The van der Waals surface area contributed by atoms with Crippen molar-refractivity contribution >= 4 is 0 Å². The maximum Gasteiger partial charge on any atom is -0.00146 e. The molecule has 0 aromatic carbocycles. The highest BCUT2D eigenvalue weighted by Gasteiger charge is 2.34. The molecule has 0 spiro atoms. The summed E-state index contributed by atoms with van der Waals surface area (Å²) in [6.07, 6.45) is 8.87. The van der Waals surface area contributed by atoms with Crippen LogP contribution in [0.3, 0.4) is 0 Å². The quantitative estimate of drug-likeness (QED) is 0.500. The van der Waals surface area contributed by atoms with Crippen molar-refractivity contribution in [3.63, 3.8) is 0 Å². The zero-order valence-corrected chi connectivity index (χ0v) is 7.43. The number of allylic oxidation sites excluding steroid dienone is 4. The van der Waals surface area contributed by atoms with Gasteiger partial charge in [0.15, 0.2) is 0 Å². The number of rotatable bonds is 1. The predicted molar refractivity (Wildman–Crippen MR) is 48.3 cm³/mol. The summed E-state index contributed by atoms with van der Waals surface area (Å²) >= 11 is 0. The summed E-state index contributed by atoms with van der Waals surface area (Å²) in [6, 6.07) is 0. The van der Waals surface area contributed by atoms with E-state index >= 15 is 0 Å². The molecule has 2 bridgehead atoms. The lowest BCUT2D eigenvalue weighted by atomic mass is 9.93. The van der Waals surface area contributed by atoms with Crippen molar-refractivity contribution in [1.29, 1.82) is 0 Å². The zero-order chi connectivity index (χ0) is 7.84. The van der Waals surface area contributed by atoms with Crippen LogP contribution in [0.4, 0.5) is 0 Å². The Kier molecular flexibility index (Phi) is 1.63. The Morgan fingerprint density at radius 3 is 2.91 bits per heavy atom. The molecule has 0 aromatic heterocycles. The Morgan fingerprint density at radius 2 is 2.45 bits per heavy atom. The van der Waals surface area contributed by atoms with Gasteiger partial charge >= 0.3 is 0 Å². The van der Waals surface area contributed by atoms with E-state index in [1.807, 2.05) is 0 Å². The van der Waals surface area contributed by atoms with E-state index in [1.54, 1.807) is 11.1 Å². The van der Waals surface area contributed by atoms with Crippen molar-refractivity contribution in [2.24, 2.45) is 11.8 Å². The first-order chi connectivity index (χ1) is 5.35. The number of hydrogen-bond acceptors (Lipinski definition) is 0. The summed E-state index contributed by atoms with van der Waals surface area (Å²) in [7, 11) is 0. The minimum Gasteiger partial charge on any atom is -0.0878 e. The SMILES string of the molecule is CC=C1CC2CC1C=C2CC. The molecule has 60 valence electrons. The van der Waals surface area contributed by atoms with Crippen LogP contribution in [-0.4, -0.2) is 0 Å². The predicted octanol–water partition coefficient (Wildman–Crippen LogP) is 3.31. The van der Waals surface area contributed by atoms with E-state index in [1.165, 1.54) is 19.3 Å². The van der Waals surface area contributed by atoms with Crippen LogP contribution in [0.5, 0.6) is 0 Å². The van der Waals surface area contributed by atoms with Gasteiger partial charge < -0.3 is 0 Å².